The molecule has 3 N–H and O–H groups in total. The molecule has 0 aromatic heterocycles. The van der Waals surface area contributed by atoms with E-state index in [4.69, 9.17) is 10.2 Å². The molecule has 0 aromatic rings. The molecule has 7 nitrogen and oxygen atoms in total. The molecule has 0 spiro atoms. The zero-order valence-electron chi connectivity index (χ0n) is 8.93. The van der Waals surface area contributed by atoms with Gasteiger partial charge in [0.2, 0.25) is 5.91 Å². The van der Waals surface area contributed by atoms with Crippen molar-refractivity contribution in [1.82, 2.24) is 5.32 Å². The van der Waals surface area contributed by atoms with Gasteiger partial charge in [-0.3, -0.25) is 9.59 Å². The first-order valence-corrected chi connectivity index (χ1v) is 4.70. The van der Waals surface area contributed by atoms with E-state index in [2.05, 4.69) is 10.1 Å². The van der Waals surface area contributed by atoms with Crippen LogP contribution in [0.25, 0.3) is 0 Å². The molecule has 92 valence electrons. The summed E-state index contributed by atoms with van der Waals surface area (Å²) in [7, 11) is 1.32. The molecule has 0 saturated carbocycles. The van der Waals surface area contributed by atoms with Crippen LogP contribution in [-0.4, -0.2) is 47.8 Å². The largest absolute Gasteiger partial charge is 0.481 e. The molecule has 0 fully saturated rings. The molecule has 16 heavy (non-hydrogen) atoms. The number of carbonyl (C=O) groups is 3. The smallest absolute Gasteiger partial charge is 0.326 e. The lowest BCUT2D eigenvalue weighted by molar-refractivity contribution is -0.143. The van der Waals surface area contributed by atoms with Crippen molar-refractivity contribution >= 4 is 17.8 Å². The van der Waals surface area contributed by atoms with Crippen molar-refractivity contribution in [2.45, 2.75) is 25.3 Å². The maximum Gasteiger partial charge on any atom is 0.326 e. The SMILES string of the molecule is COCC(=O)N[C@H](CCCC(=O)O)C(=O)O. The molecule has 1 amide bonds. The van der Waals surface area contributed by atoms with E-state index in [0.717, 1.165) is 0 Å². The van der Waals surface area contributed by atoms with E-state index in [1.165, 1.54) is 7.11 Å². The third-order valence-electron chi connectivity index (χ3n) is 1.79. The average molecular weight is 233 g/mol. The molecule has 0 aliphatic carbocycles. The van der Waals surface area contributed by atoms with Crippen LogP contribution in [0.3, 0.4) is 0 Å². The van der Waals surface area contributed by atoms with Gasteiger partial charge in [-0.15, -0.1) is 0 Å². The van der Waals surface area contributed by atoms with Crippen molar-refractivity contribution in [1.29, 1.82) is 0 Å². The number of ether oxygens (including phenoxy) is 1. The van der Waals surface area contributed by atoms with E-state index in [1.807, 2.05) is 0 Å². The summed E-state index contributed by atoms with van der Waals surface area (Å²) in [5.41, 5.74) is 0. The number of carboxylic acids is 2. The van der Waals surface area contributed by atoms with Crippen LogP contribution in [0.1, 0.15) is 19.3 Å². The molecule has 0 heterocycles. The molecule has 0 rings (SSSR count). The Morgan fingerprint density at radius 2 is 1.94 bits per heavy atom. The normalized spacial score (nSPS) is 11.8. The zero-order chi connectivity index (χ0) is 12.6. The zero-order valence-corrected chi connectivity index (χ0v) is 8.93. The fourth-order valence-electron chi connectivity index (χ4n) is 1.08. The van der Waals surface area contributed by atoms with Gasteiger partial charge in [0, 0.05) is 13.5 Å². The monoisotopic (exact) mass is 233 g/mol. The number of hydrogen-bond donors (Lipinski definition) is 3. The molecule has 7 heteroatoms. The van der Waals surface area contributed by atoms with E-state index < -0.39 is 23.9 Å². The second kappa shape index (κ2) is 7.63. The molecule has 0 bridgehead atoms. The highest BCUT2D eigenvalue weighted by molar-refractivity contribution is 5.84. The highest BCUT2D eigenvalue weighted by Crippen LogP contribution is 2.01. The van der Waals surface area contributed by atoms with Crippen LogP contribution in [0.5, 0.6) is 0 Å². The average Bonchev–Trinajstić information content (AvgIpc) is 2.15. The molecular formula is C9H15NO6. The van der Waals surface area contributed by atoms with Gasteiger partial charge in [-0.1, -0.05) is 0 Å². The second-order valence-corrected chi connectivity index (χ2v) is 3.18. The van der Waals surface area contributed by atoms with Crippen LogP contribution in [0.2, 0.25) is 0 Å². The fraction of sp³-hybridized carbons (Fsp3) is 0.667. The van der Waals surface area contributed by atoms with Crippen molar-refractivity contribution in [3.8, 4) is 0 Å². The minimum Gasteiger partial charge on any atom is -0.481 e. The molecule has 0 saturated heterocycles. The van der Waals surface area contributed by atoms with Crippen molar-refractivity contribution in [3.63, 3.8) is 0 Å². The lowest BCUT2D eigenvalue weighted by Gasteiger charge is -2.13. The third kappa shape index (κ3) is 6.77. The van der Waals surface area contributed by atoms with E-state index in [9.17, 15) is 14.4 Å². The van der Waals surface area contributed by atoms with E-state index in [-0.39, 0.29) is 25.9 Å². The fourth-order valence-corrected chi connectivity index (χ4v) is 1.08. The summed E-state index contributed by atoms with van der Waals surface area (Å²) >= 11 is 0. The summed E-state index contributed by atoms with van der Waals surface area (Å²) in [5, 5.41) is 19.4. The Balaban J connectivity index is 4.02. The Morgan fingerprint density at radius 3 is 2.38 bits per heavy atom. The Bertz CT molecular complexity index is 265. The lowest BCUT2D eigenvalue weighted by atomic mass is 10.1. The number of aliphatic carboxylic acids is 2. The van der Waals surface area contributed by atoms with Crippen molar-refractivity contribution < 1.29 is 29.3 Å². The Labute approximate surface area is 92.4 Å². The first-order chi connectivity index (χ1) is 7.47. The van der Waals surface area contributed by atoms with Gasteiger partial charge in [0.1, 0.15) is 12.6 Å². The van der Waals surface area contributed by atoms with E-state index in [0.29, 0.717) is 0 Å². The van der Waals surface area contributed by atoms with Gasteiger partial charge >= 0.3 is 11.9 Å². The third-order valence-corrected chi connectivity index (χ3v) is 1.79. The van der Waals surface area contributed by atoms with Crippen molar-refractivity contribution in [2.75, 3.05) is 13.7 Å². The van der Waals surface area contributed by atoms with Crippen molar-refractivity contribution in [3.05, 3.63) is 0 Å². The van der Waals surface area contributed by atoms with Gasteiger partial charge in [-0.2, -0.15) is 0 Å². The summed E-state index contributed by atoms with van der Waals surface area (Å²) in [6, 6.07) is -1.07. The standard InChI is InChI=1S/C9H15NO6/c1-16-5-7(11)10-6(9(14)15)3-2-4-8(12)13/h6H,2-5H2,1H3,(H,10,11)(H,12,13)(H,14,15)/t6-/m1/s1. The maximum atomic E-state index is 11.0. The van der Waals surface area contributed by atoms with Gasteiger partial charge in [0.05, 0.1) is 0 Å². The van der Waals surface area contributed by atoms with Crippen LogP contribution in [-0.2, 0) is 19.1 Å². The lowest BCUT2D eigenvalue weighted by Crippen LogP contribution is -2.42. The van der Waals surface area contributed by atoms with Crippen LogP contribution in [0, 0.1) is 0 Å². The minimum atomic E-state index is -1.19. The van der Waals surface area contributed by atoms with Gasteiger partial charge in [0.15, 0.2) is 0 Å². The van der Waals surface area contributed by atoms with E-state index in [1.54, 1.807) is 0 Å². The highest BCUT2D eigenvalue weighted by atomic mass is 16.5. The molecule has 0 aliphatic heterocycles. The topological polar surface area (TPSA) is 113 Å². The Morgan fingerprint density at radius 1 is 1.31 bits per heavy atom. The number of methoxy groups -OCH3 is 1. The summed E-state index contributed by atoms with van der Waals surface area (Å²) in [6.07, 6.45) is 0.153. The number of hydrogen-bond acceptors (Lipinski definition) is 4. The molecular weight excluding hydrogens is 218 g/mol. The summed E-state index contributed by atoms with van der Waals surface area (Å²) < 4.78 is 4.53. The predicted octanol–water partition coefficient (Wildman–Crippen LogP) is -0.543. The summed E-state index contributed by atoms with van der Waals surface area (Å²) in [4.78, 5) is 32.0. The quantitative estimate of drug-likeness (QED) is 0.518. The summed E-state index contributed by atoms with van der Waals surface area (Å²) in [6.45, 7) is -0.220. The van der Waals surface area contributed by atoms with Gasteiger partial charge in [0.25, 0.3) is 0 Å². The van der Waals surface area contributed by atoms with Gasteiger partial charge < -0.3 is 20.3 Å². The molecule has 1 atom stereocenters. The minimum absolute atomic E-state index is 0.0804. The predicted molar refractivity (Wildman–Crippen MR) is 52.9 cm³/mol. The van der Waals surface area contributed by atoms with Crippen LogP contribution < -0.4 is 5.32 Å². The first-order valence-electron chi connectivity index (χ1n) is 4.70. The Kier molecular flexibility index (Phi) is 6.86. The van der Waals surface area contributed by atoms with E-state index >= 15 is 0 Å². The number of nitrogens with one attached hydrogen (secondary N) is 1. The molecule has 0 radical (unpaired) electrons. The van der Waals surface area contributed by atoms with Gasteiger partial charge in [-0.05, 0) is 12.8 Å². The molecule has 0 aromatic carbocycles. The maximum absolute atomic E-state index is 11.0. The van der Waals surface area contributed by atoms with Crippen LogP contribution >= 0.6 is 0 Å². The number of rotatable bonds is 8. The first kappa shape index (κ1) is 14.4. The number of amides is 1. The van der Waals surface area contributed by atoms with Crippen molar-refractivity contribution in [2.24, 2.45) is 0 Å². The molecule has 0 unspecified atom stereocenters. The molecule has 0 aliphatic rings. The highest BCUT2D eigenvalue weighted by Gasteiger charge is 2.19. The number of carbonyl (C=O) groups excluding carboxylic acids is 1. The van der Waals surface area contributed by atoms with Crippen LogP contribution in [0.4, 0.5) is 0 Å². The number of carboxylic acid groups (broad SMARTS) is 2. The van der Waals surface area contributed by atoms with Crippen LogP contribution in [0.15, 0.2) is 0 Å². The second-order valence-electron chi connectivity index (χ2n) is 3.18. The Hall–Kier alpha value is -1.63. The van der Waals surface area contributed by atoms with Gasteiger partial charge in [-0.25, -0.2) is 4.79 Å². The summed E-state index contributed by atoms with van der Waals surface area (Å²) in [5.74, 6) is -2.72.